The number of halogens is 6. The van der Waals surface area contributed by atoms with Crippen LogP contribution in [0.25, 0.3) is 11.1 Å². The summed E-state index contributed by atoms with van der Waals surface area (Å²) in [6.45, 7) is 9.93. The molecule has 3 rings (SSSR count). The third-order valence-corrected chi connectivity index (χ3v) is 10.2. The zero-order valence-electron chi connectivity index (χ0n) is 17.1. The van der Waals surface area contributed by atoms with Crippen LogP contribution in [0.15, 0.2) is 40.8 Å². The molecule has 0 bridgehead atoms. The summed E-state index contributed by atoms with van der Waals surface area (Å²) in [7, 11) is -4.54. The lowest BCUT2D eigenvalue weighted by molar-refractivity contribution is -0.162. The molecule has 0 unspecified atom stereocenters. The van der Waals surface area contributed by atoms with Crippen molar-refractivity contribution in [2.75, 3.05) is 0 Å². The molecule has 3 aromatic rings. The summed E-state index contributed by atoms with van der Waals surface area (Å²) in [5, 5.41) is 1.31. The first-order chi connectivity index (χ1) is 13.5. The highest BCUT2D eigenvalue weighted by atomic mass is 28.3. The Bertz CT molecular complexity index is 1090. The minimum absolute atomic E-state index is 0.166. The fraction of sp³-hybridized carbons (Fsp3) is 0.350. The van der Waals surface area contributed by atoms with Crippen molar-refractivity contribution in [2.45, 2.75) is 45.1 Å². The third-order valence-electron chi connectivity index (χ3n) is 5.14. The SMILES string of the molecule is C[Si](C)(C)c1ccc2nc([Si](C)(C)c3ccc(C(F)(F)F)c(C(F)(F)F)c3)oc2c1. The average Bonchev–Trinajstić information content (AvgIpc) is 3.03. The van der Waals surface area contributed by atoms with E-state index in [1.807, 2.05) is 18.2 Å². The summed E-state index contributed by atoms with van der Waals surface area (Å²) >= 11 is 0. The van der Waals surface area contributed by atoms with Gasteiger partial charge in [0.1, 0.15) is 5.52 Å². The van der Waals surface area contributed by atoms with E-state index >= 15 is 0 Å². The van der Waals surface area contributed by atoms with Crippen LogP contribution in [0.1, 0.15) is 11.1 Å². The van der Waals surface area contributed by atoms with Gasteiger partial charge in [0.2, 0.25) is 0 Å². The molecule has 0 atom stereocenters. The molecule has 1 aromatic heterocycles. The summed E-state index contributed by atoms with van der Waals surface area (Å²) in [6, 6.07) is 7.88. The van der Waals surface area contributed by atoms with Crippen LogP contribution in [0.2, 0.25) is 32.7 Å². The Labute approximate surface area is 171 Å². The molecule has 0 aliphatic rings. The molecular weight excluding hydrogens is 440 g/mol. The van der Waals surface area contributed by atoms with Gasteiger partial charge in [-0.25, -0.2) is 4.98 Å². The van der Waals surface area contributed by atoms with Crippen molar-refractivity contribution in [1.82, 2.24) is 4.98 Å². The van der Waals surface area contributed by atoms with Crippen LogP contribution in [-0.2, 0) is 12.4 Å². The number of benzene rings is 2. The molecule has 0 N–H and O–H groups in total. The summed E-state index contributed by atoms with van der Waals surface area (Å²) in [4.78, 5) is 4.45. The van der Waals surface area contributed by atoms with E-state index in [1.54, 1.807) is 13.1 Å². The first kappa shape index (κ1) is 22.6. The number of alkyl halides is 6. The van der Waals surface area contributed by atoms with Crippen LogP contribution < -0.4 is 15.9 Å². The first-order valence-electron chi connectivity index (χ1n) is 9.22. The molecule has 1 heterocycles. The summed E-state index contributed by atoms with van der Waals surface area (Å²) in [5.41, 5.74) is -1.99. The molecule has 2 nitrogen and oxygen atoms in total. The van der Waals surface area contributed by atoms with Gasteiger partial charge in [-0.3, -0.25) is 0 Å². The highest BCUT2D eigenvalue weighted by molar-refractivity contribution is 6.99. The smallest absolute Gasteiger partial charge is 0.417 e. The van der Waals surface area contributed by atoms with Crippen molar-refractivity contribution in [3.8, 4) is 0 Å². The highest BCUT2D eigenvalue weighted by Crippen LogP contribution is 2.39. The molecule has 0 aliphatic carbocycles. The third kappa shape index (κ3) is 4.20. The Morgan fingerprint density at radius 1 is 0.733 bits per heavy atom. The van der Waals surface area contributed by atoms with Crippen molar-refractivity contribution in [3.63, 3.8) is 0 Å². The molecule has 162 valence electrons. The molecule has 0 aliphatic heterocycles. The van der Waals surface area contributed by atoms with E-state index in [4.69, 9.17) is 4.42 Å². The van der Waals surface area contributed by atoms with E-state index in [-0.39, 0.29) is 10.7 Å². The van der Waals surface area contributed by atoms with Crippen LogP contribution in [0, 0.1) is 0 Å². The number of rotatable bonds is 3. The van der Waals surface area contributed by atoms with Gasteiger partial charge in [-0.2, -0.15) is 26.3 Å². The van der Waals surface area contributed by atoms with Crippen LogP contribution in [0.4, 0.5) is 26.3 Å². The molecule has 0 spiro atoms. The standard InChI is InChI=1S/C20H21F6NOSi2/c1-29(2,3)12-7-9-16-17(11-12)28-18(27-16)30(4,5)13-6-8-14(19(21,22)23)15(10-13)20(24,25)26/h6-11H,1-5H3. The summed E-state index contributed by atoms with van der Waals surface area (Å²) in [6.07, 6.45) is -10.2. The van der Waals surface area contributed by atoms with E-state index in [2.05, 4.69) is 24.6 Å². The largest absolute Gasteiger partial charge is 0.445 e. The van der Waals surface area contributed by atoms with Gasteiger partial charge >= 0.3 is 12.4 Å². The molecule has 30 heavy (non-hydrogen) atoms. The van der Waals surface area contributed by atoms with Gasteiger partial charge in [0.15, 0.2) is 19.2 Å². The normalized spacial score (nSPS) is 13.8. The number of nitrogens with zero attached hydrogens (tertiary/aromatic N) is 1. The monoisotopic (exact) mass is 461 g/mol. The molecule has 0 amide bonds. The van der Waals surface area contributed by atoms with Crippen molar-refractivity contribution >= 4 is 43.1 Å². The zero-order chi connectivity index (χ0) is 22.7. The number of hydrogen-bond acceptors (Lipinski definition) is 2. The second kappa shape index (κ2) is 6.98. The van der Waals surface area contributed by atoms with Gasteiger partial charge in [0.05, 0.1) is 19.2 Å². The maximum atomic E-state index is 13.4. The van der Waals surface area contributed by atoms with E-state index in [1.165, 1.54) is 0 Å². The van der Waals surface area contributed by atoms with Crippen molar-refractivity contribution < 1.29 is 30.8 Å². The van der Waals surface area contributed by atoms with E-state index < -0.39 is 39.6 Å². The van der Waals surface area contributed by atoms with Gasteiger partial charge in [0.25, 0.3) is 0 Å². The Morgan fingerprint density at radius 2 is 1.30 bits per heavy atom. The lowest BCUT2D eigenvalue weighted by atomic mass is 10.1. The number of aromatic nitrogens is 1. The predicted molar refractivity (Wildman–Crippen MR) is 110 cm³/mol. The fourth-order valence-electron chi connectivity index (χ4n) is 3.20. The lowest BCUT2D eigenvalue weighted by Crippen LogP contribution is -2.54. The molecule has 0 radical (unpaired) electrons. The zero-order valence-corrected chi connectivity index (χ0v) is 19.1. The number of hydrogen-bond donors (Lipinski definition) is 0. The quantitative estimate of drug-likeness (QED) is 0.394. The van der Waals surface area contributed by atoms with Crippen LogP contribution >= 0.6 is 0 Å². The topological polar surface area (TPSA) is 26.0 Å². The minimum Gasteiger partial charge on any atom is -0.445 e. The van der Waals surface area contributed by atoms with Crippen molar-refractivity contribution in [1.29, 1.82) is 0 Å². The van der Waals surface area contributed by atoms with Crippen LogP contribution in [-0.4, -0.2) is 21.1 Å². The fourth-order valence-corrected chi connectivity index (χ4v) is 6.36. The van der Waals surface area contributed by atoms with Crippen molar-refractivity contribution in [2.24, 2.45) is 0 Å². The van der Waals surface area contributed by atoms with Crippen LogP contribution in [0.3, 0.4) is 0 Å². The van der Waals surface area contributed by atoms with Gasteiger partial charge in [-0.15, -0.1) is 0 Å². The van der Waals surface area contributed by atoms with E-state index in [0.29, 0.717) is 23.2 Å². The molecule has 10 heteroatoms. The van der Waals surface area contributed by atoms with Gasteiger partial charge < -0.3 is 4.42 Å². The summed E-state index contributed by atoms with van der Waals surface area (Å²) in [5.74, 6) is 0. The first-order valence-corrected chi connectivity index (χ1v) is 15.7. The summed E-state index contributed by atoms with van der Waals surface area (Å²) < 4.78 is 85.2. The molecule has 0 fully saturated rings. The van der Waals surface area contributed by atoms with E-state index in [0.717, 1.165) is 11.3 Å². The second-order valence-corrected chi connectivity index (χ2v) is 18.2. The Balaban J connectivity index is 2.13. The highest BCUT2D eigenvalue weighted by Gasteiger charge is 2.44. The van der Waals surface area contributed by atoms with Gasteiger partial charge in [0, 0.05) is 0 Å². The van der Waals surface area contributed by atoms with Crippen molar-refractivity contribution in [3.05, 3.63) is 47.5 Å². The Kier molecular flexibility index (Phi) is 5.26. The minimum atomic E-state index is -5.13. The maximum Gasteiger partial charge on any atom is 0.417 e. The molecule has 0 saturated heterocycles. The predicted octanol–water partition coefficient (Wildman–Crippen LogP) is 5.23. The lowest BCUT2D eigenvalue weighted by Gasteiger charge is -2.22. The molecule has 0 saturated carbocycles. The Morgan fingerprint density at radius 3 is 1.83 bits per heavy atom. The number of oxazole rings is 1. The number of fused-ring (bicyclic) bond motifs is 1. The molecular formula is C20H21F6NOSi2. The second-order valence-electron chi connectivity index (χ2n) is 8.83. The molecule has 2 aromatic carbocycles. The van der Waals surface area contributed by atoms with Gasteiger partial charge in [-0.1, -0.05) is 50.1 Å². The van der Waals surface area contributed by atoms with Crippen LogP contribution in [0.5, 0.6) is 0 Å². The Hall–Kier alpha value is -2.08. The van der Waals surface area contributed by atoms with E-state index in [9.17, 15) is 26.3 Å². The average molecular weight is 462 g/mol. The maximum absolute atomic E-state index is 13.4. The van der Waals surface area contributed by atoms with Gasteiger partial charge in [-0.05, 0) is 29.5 Å².